The van der Waals surface area contributed by atoms with E-state index in [0.717, 1.165) is 0 Å². The van der Waals surface area contributed by atoms with Gasteiger partial charge in [0.15, 0.2) is 0 Å². The minimum absolute atomic E-state index is 0.436. The quantitative estimate of drug-likeness (QED) is 0.409. The summed E-state index contributed by atoms with van der Waals surface area (Å²) in [6.45, 7) is -1.46. The summed E-state index contributed by atoms with van der Waals surface area (Å²) in [5, 5.41) is 35.5. The van der Waals surface area contributed by atoms with Gasteiger partial charge < -0.3 is 25.2 Å². The van der Waals surface area contributed by atoms with Crippen LogP contribution in [0.15, 0.2) is 0 Å². The molecule has 86 valence electrons. The van der Waals surface area contributed by atoms with Crippen molar-refractivity contribution in [3.8, 4) is 0 Å². The maximum Gasteiger partial charge on any atom is 0.141 e. The zero-order valence-corrected chi connectivity index (χ0v) is 8.06. The van der Waals surface area contributed by atoms with Crippen LogP contribution in [0.4, 0.5) is 4.39 Å². The Morgan fingerprint density at radius 3 is 2.07 bits per heavy atom. The van der Waals surface area contributed by atoms with Crippen LogP contribution >= 0.6 is 0 Å². The lowest BCUT2D eigenvalue weighted by Gasteiger charge is -2.31. The minimum Gasteiger partial charge on any atom is -0.394 e. The number of aliphatic hydroxyl groups excluding tert-OH is 3. The monoisotopic (exact) mass is 212 g/mol. The van der Waals surface area contributed by atoms with E-state index in [-0.39, 0.29) is 0 Å². The fourth-order valence-corrected chi connectivity index (χ4v) is 0.839. The van der Waals surface area contributed by atoms with E-state index in [2.05, 4.69) is 0 Å². The molecular weight excluding hydrogens is 195 g/mol. The first-order chi connectivity index (χ1) is 6.53. The highest BCUT2D eigenvalue weighted by molar-refractivity contribution is 4.84. The smallest absolute Gasteiger partial charge is 0.141 e. The molecule has 2 unspecified atom stereocenters. The third kappa shape index (κ3) is 3.47. The van der Waals surface area contributed by atoms with E-state index in [0.29, 0.717) is 0 Å². The van der Waals surface area contributed by atoms with Crippen molar-refractivity contribution in [3.63, 3.8) is 0 Å². The Morgan fingerprint density at radius 2 is 1.79 bits per heavy atom. The van der Waals surface area contributed by atoms with Gasteiger partial charge in [0, 0.05) is 0 Å². The lowest BCUT2D eigenvalue weighted by Crippen LogP contribution is -2.49. The summed E-state index contributed by atoms with van der Waals surface area (Å²) in [5.41, 5.74) is -1.98. The first-order valence-electron chi connectivity index (χ1n) is 4.30. The topological polar surface area (TPSA) is 90.2 Å². The summed E-state index contributed by atoms with van der Waals surface area (Å²) < 4.78 is 17.3. The molecule has 0 aliphatic carbocycles. The molecule has 14 heavy (non-hydrogen) atoms. The molecule has 4 N–H and O–H groups in total. The lowest BCUT2D eigenvalue weighted by atomic mass is 10.0. The molecular formula is C8H17FO5. The Bertz CT molecular complexity index is 147. The van der Waals surface area contributed by atoms with E-state index in [9.17, 15) is 9.50 Å². The summed E-state index contributed by atoms with van der Waals surface area (Å²) in [6, 6.07) is 0. The van der Waals surface area contributed by atoms with E-state index in [1.165, 1.54) is 6.92 Å². The molecule has 0 radical (unpaired) electrons. The average Bonchev–Trinajstić information content (AvgIpc) is 2.24. The van der Waals surface area contributed by atoms with Gasteiger partial charge in [-0.2, -0.15) is 0 Å². The van der Waals surface area contributed by atoms with Gasteiger partial charge >= 0.3 is 0 Å². The highest BCUT2D eigenvalue weighted by Gasteiger charge is 2.35. The highest BCUT2D eigenvalue weighted by atomic mass is 19.1. The molecule has 2 atom stereocenters. The van der Waals surface area contributed by atoms with Crippen molar-refractivity contribution in [1.29, 1.82) is 0 Å². The second kappa shape index (κ2) is 6.26. The van der Waals surface area contributed by atoms with Crippen molar-refractivity contribution in [2.45, 2.75) is 24.7 Å². The number of ether oxygens (including phenoxy) is 1. The molecule has 0 rings (SSSR count). The lowest BCUT2D eigenvalue weighted by molar-refractivity contribution is -0.166. The van der Waals surface area contributed by atoms with Gasteiger partial charge in [0.2, 0.25) is 0 Å². The molecule has 0 bridgehead atoms. The third-order valence-electron chi connectivity index (χ3n) is 2.07. The Balaban J connectivity index is 4.22. The Kier molecular flexibility index (Phi) is 6.14. The molecule has 0 aromatic heterocycles. The molecule has 5 nitrogen and oxygen atoms in total. The summed E-state index contributed by atoms with van der Waals surface area (Å²) in [6.07, 6.45) is -1.89. The maximum atomic E-state index is 12.3. The number of hydrogen-bond acceptors (Lipinski definition) is 5. The predicted molar refractivity (Wildman–Crippen MR) is 46.5 cm³/mol. The van der Waals surface area contributed by atoms with Crippen molar-refractivity contribution in [1.82, 2.24) is 0 Å². The first kappa shape index (κ1) is 13.7. The molecule has 0 aliphatic heterocycles. The van der Waals surface area contributed by atoms with Gasteiger partial charge in [-0.1, -0.05) is 0 Å². The van der Waals surface area contributed by atoms with Crippen LogP contribution in [-0.4, -0.2) is 64.7 Å². The van der Waals surface area contributed by atoms with E-state index in [1.54, 1.807) is 0 Å². The van der Waals surface area contributed by atoms with Crippen LogP contribution in [0.1, 0.15) is 6.92 Å². The molecule has 6 heteroatoms. The standard InChI is InChI=1S/C8H17FO5/c1-6(8(13,4-9)5-12)14-7(2-10)3-11/h6-7,10-13H,2-5H2,1H3. The summed E-state index contributed by atoms with van der Waals surface area (Å²) in [4.78, 5) is 0. The van der Waals surface area contributed by atoms with Crippen molar-refractivity contribution < 1.29 is 29.6 Å². The summed E-state index contributed by atoms with van der Waals surface area (Å²) in [7, 11) is 0. The molecule has 0 amide bonds. The number of aliphatic hydroxyl groups is 4. The number of alkyl halides is 1. The molecule has 0 spiro atoms. The fraction of sp³-hybridized carbons (Fsp3) is 1.00. The molecule has 0 fully saturated rings. The van der Waals surface area contributed by atoms with Crippen molar-refractivity contribution in [3.05, 3.63) is 0 Å². The summed E-state index contributed by atoms with van der Waals surface area (Å²) in [5.74, 6) is 0. The second-order valence-corrected chi connectivity index (χ2v) is 3.16. The molecule has 0 saturated carbocycles. The summed E-state index contributed by atoms with van der Waals surface area (Å²) >= 11 is 0. The molecule has 0 heterocycles. The Hall–Kier alpha value is -0.270. The Morgan fingerprint density at radius 1 is 1.29 bits per heavy atom. The molecule has 0 aliphatic rings. The van der Waals surface area contributed by atoms with Crippen molar-refractivity contribution >= 4 is 0 Å². The van der Waals surface area contributed by atoms with E-state index < -0.39 is 44.3 Å². The molecule has 0 saturated heterocycles. The van der Waals surface area contributed by atoms with Crippen molar-refractivity contribution in [2.75, 3.05) is 26.5 Å². The average molecular weight is 212 g/mol. The van der Waals surface area contributed by atoms with Gasteiger partial charge in [-0.3, -0.25) is 0 Å². The predicted octanol–water partition coefficient (Wildman–Crippen LogP) is -1.56. The maximum absolute atomic E-state index is 12.3. The second-order valence-electron chi connectivity index (χ2n) is 3.16. The van der Waals surface area contributed by atoms with Crippen LogP contribution in [0, 0.1) is 0 Å². The van der Waals surface area contributed by atoms with E-state index in [4.69, 9.17) is 20.1 Å². The SMILES string of the molecule is CC(OC(CO)CO)C(O)(CO)CF. The number of halogens is 1. The van der Waals surface area contributed by atoms with Gasteiger partial charge in [-0.15, -0.1) is 0 Å². The normalized spacial score (nSPS) is 18.2. The third-order valence-corrected chi connectivity index (χ3v) is 2.07. The van der Waals surface area contributed by atoms with Crippen LogP contribution < -0.4 is 0 Å². The Labute approximate surface area is 81.7 Å². The number of rotatable bonds is 7. The van der Waals surface area contributed by atoms with Gasteiger partial charge in [0.05, 0.1) is 25.9 Å². The zero-order valence-electron chi connectivity index (χ0n) is 8.06. The fourth-order valence-electron chi connectivity index (χ4n) is 0.839. The zero-order chi connectivity index (χ0) is 11.2. The largest absolute Gasteiger partial charge is 0.394 e. The van der Waals surface area contributed by atoms with Crippen LogP contribution in [0.25, 0.3) is 0 Å². The van der Waals surface area contributed by atoms with E-state index in [1.807, 2.05) is 0 Å². The molecule has 0 aromatic rings. The first-order valence-corrected chi connectivity index (χ1v) is 4.30. The van der Waals surface area contributed by atoms with Gasteiger partial charge in [0.25, 0.3) is 0 Å². The minimum atomic E-state index is -1.98. The van der Waals surface area contributed by atoms with Gasteiger partial charge in [-0.25, -0.2) is 4.39 Å². The highest BCUT2D eigenvalue weighted by Crippen LogP contribution is 2.15. The van der Waals surface area contributed by atoms with E-state index >= 15 is 0 Å². The van der Waals surface area contributed by atoms with Crippen LogP contribution in [0.5, 0.6) is 0 Å². The number of hydrogen-bond donors (Lipinski definition) is 4. The van der Waals surface area contributed by atoms with Crippen molar-refractivity contribution in [2.24, 2.45) is 0 Å². The van der Waals surface area contributed by atoms with Crippen LogP contribution in [0.3, 0.4) is 0 Å². The van der Waals surface area contributed by atoms with Crippen LogP contribution in [-0.2, 0) is 4.74 Å². The van der Waals surface area contributed by atoms with Crippen LogP contribution in [0.2, 0.25) is 0 Å². The van der Waals surface area contributed by atoms with Gasteiger partial charge in [-0.05, 0) is 6.92 Å². The molecule has 0 aromatic carbocycles. The van der Waals surface area contributed by atoms with Gasteiger partial charge in [0.1, 0.15) is 18.4 Å².